The van der Waals surface area contributed by atoms with Gasteiger partial charge in [0, 0.05) is 86.3 Å². The maximum atomic E-state index is 10.7. The van der Waals surface area contributed by atoms with Crippen molar-refractivity contribution in [2.45, 2.75) is 116 Å². The number of hydrogen-bond donors (Lipinski definition) is 6. The number of rotatable bonds is 0. The number of hydrogen-bond acceptors (Lipinski definition) is 8. The van der Waals surface area contributed by atoms with Gasteiger partial charge in [-0.15, -0.1) is 0 Å². The molecule has 0 unspecified atom stereocenters. The van der Waals surface area contributed by atoms with Crippen LogP contribution in [0.2, 0.25) is 0 Å². The number of alkyl halides is 6. The van der Waals surface area contributed by atoms with Crippen molar-refractivity contribution in [3.63, 3.8) is 0 Å². The van der Waals surface area contributed by atoms with Gasteiger partial charge in [-0.25, -0.2) is 0 Å². The number of aromatic amines is 4. The van der Waals surface area contributed by atoms with E-state index in [1.165, 1.54) is 22.8 Å². The minimum absolute atomic E-state index is 0. The Morgan fingerprint density at radius 1 is 0.434 bits per heavy atom. The van der Waals surface area contributed by atoms with Gasteiger partial charge < -0.3 is 0 Å². The molecule has 0 atom stereocenters. The Morgan fingerprint density at radius 3 is 0.604 bits per heavy atom. The van der Waals surface area contributed by atoms with Crippen molar-refractivity contribution in [2.24, 2.45) is 0 Å². The summed E-state index contributed by atoms with van der Waals surface area (Å²) < 4.78 is 115. The molecule has 0 fully saturated rings. The number of aromatic nitrogens is 8. The third-order valence-corrected chi connectivity index (χ3v) is 6.99. The van der Waals surface area contributed by atoms with Crippen LogP contribution in [-0.4, -0.2) is 77.7 Å². The summed E-state index contributed by atoms with van der Waals surface area (Å²) in [7, 11) is -11.7. The molecule has 23 heteroatoms. The van der Waals surface area contributed by atoms with Gasteiger partial charge in [0.25, 0.3) is 0 Å². The normalized spacial score (nSPS) is 12.3. The first-order chi connectivity index (χ1) is 22.9. The molecule has 0 aliphatic rings. The second-order valence-corrected chi connectivity index (χ2v) is 17.5. The monoisotopic (exact) mass is 852 g/mol. The van der Waals surface area contributed by atoms with Crippen LogP contribution in [0.15, 0.2) is 49.1 Å². The van der Waals surface area contributed by atoms with E-state index in [-0.39, 0.29) is 38.7 Å². The van der Waals surface area contributed by atoms with Crippen LogP contribution in [0.1, 0.15) is 106 Å². The molecule has 6 N–H and O–H groups in total. The first-order valence-electron chi connectivity index (χ1n) is 15.0. The van der Waals surface area contributed by atoms with Crippen LogP contribution in [0, 0.1) is 0 Å². The molecule has 308 valence electrons. The zero-order valence-electron chi connectivity index (χ0n) is 31.4. The largest absolute Gasteiger partial charge is 0.522 e. The molecule has 0 aliphatic carbocycles. The molecule has 0 bridgehead atoms. The van der Waals surface area contributed by atoms with Crippen molar-refractivity contribution in [3.8, 4) is 0 Å². The minimum atomic E-state index is -5.84. The molecular formula is C30H50F6FeN8O6S2. The van der Waals surface area contributed by atoms with E-state index >= 15 is 0 Å². The van der Waals surface area contributed by atoms with Crippen LogP contribution in [0.4, 0.5) is 26.3 Å². The topological polar surface area (TPSA) is 223 Å². The third kappa shape index (κ3) is 23.9. The molecule has 0 saturated heterocycles. The van der Waals surface area contributed by atoms with Crippen LogP contribution in [0.5, 0.6) is 0 Å². The molecule has 4 rings (SSSR count). The first-order valence-corrected chi connectivity index (χ1v) is 17.9. The van der Waals surface area contributed by atoms with Crippen LogP contribution in [0.25, 0.3) is 0 Å². The van der Waals surface area contributed by atoms with Crippen LogP contribution in [0.3, 0.4) is 0 Å². The summed E-state index contributed by atoms with van der Waals surface area (Å²) in [4.78, 5) is 0. The Morgan fingerprint density at radius 2 is 0.566 bits per heavy atom. The second-order valence-electron chi connectivity index (χ2n) is 14.7. The first kappa shape index (κ1) is 54.1. The number of H-pyrrole nitrogens is 4. The fourth-order valence-electron chi connectivity index (χ4n) is 2.69. The molecule has 0 radical (unpaired) electrons. The Hall–Kier alpha value is -3.24. The molecular weight excluding hydrogens is 802 g/mol. The molecule has 0 aliphatic heterocycles. The van der Waals surface area contributed by atoms with E-state index < -0.39 is 31.3 Å². The summed E-state index contributed by atoms with van der Waals surface area (Å²) in [5.74, 6) is 0. The fraction of sp³-hybridized carbons (Fsp3) is 0.600. The van der Waals surface area contributed by atoms with Gasteiger partial charge in [-0.1, -0.05) is 83.1 Å². The van der Waals surface area contributed by atoms with Crippen molar-refractivity contribution in [2.75, 3.05) is 0 Å². The number of nitrogens with one attached hydrogen (secondary N) is 4. The summed E-state index contributed by atoms with van der Waals surface area (Å²) in [6.07, 6.45) is 7.11. The summed E-state index contributed by atoms with van der Waals surface area (Å²) in [5.41, 5.74) is -5.52. The minimum Gasteiger partial charge on any atom is -0.282 e. The van der Waals surface area contributed by atoms with E-state index in [4.69, 9.17) is 25.9 Å². The van der Waals surface area contributed by atoms with E-state index in [1.54, 1.807) is 24.8 Å². The molecule has 0 saturated carbocycles. The van der Waals surface area contributed by atoms with Crippen molar-refractivity contribution >= 4 is 20.2 Å². The average molecular weight is 853 g/mol. The van der Waals surface area contributed by atoms with E-state index in [9.17, 15) is 26.3 Å². The average Bonchev–Trinajstić information content (AvgIpc) is 3.76. The third-order valence-electron chi connectivity index (χ3n) is 5.82. The van der Waals surface area contributed by atoms with E-state index in [0.29, 0.717) is 0 Å². The Labute approximate surface area is 317 Å². The Balaban J connectivity index is -0.000000565. The Kier molecular flexibility index (Phi) is 21.4. The van der Waals surface area contributed by atoms with E-state index in [0.717, 1.165) is 0 Å². The summed E-state index contributed by atoms with van der Waals surface area (Å²) in [6.45, 7) is 25.8. The SMILES string of the molecule is CC(C)(C)c1ccn[nH]1.CC(C)(C)c1ccn[nH]1.CC(C)(C)c1ccn[nH]1.CC(C)(C)c1ccn[nH]1.O=S(=O)(O)C(F)(F)F.O=S(=O)(O)C(F)(F)F.[Fe]. The quantitative estimate of drug-likeness (QED) is 0.0440. The maximum Gasteiger partial charge on any atom is 0.522 e. The molecule has 4 aromatic rings. The van der Waals surface area contributed by atoms with Gasteiger partial charge in [0.2, 0.25) is 0 Å². The van der Waals surface area contributed by atoms with Crippen molar-refractivity contribution in [1.82, 2.24) is 40.8 Å². The zero-order chi connectivity index (χ0) is 41.6. The molecule has 0 spiro atoms. The second kappa shape index (κ2) is 21.0. The molecule has 0 amide bonds. The van der Waals surface area contributed by atoms with E-state index in [1.807, 2.05) is 24.3 Å². The van der Waals surface area contributed by atoms with Gasteiger partial charge in [-0.2, -0.15) is 63.6 Å². The molecule has 14 nitrogen and oxygen atoms in total. The van der Waals surface area contributed by atoms with Crippen molar-refractivity contribution in [3.05, 3.63) is 71.8 Å². The molecule has 4 heterocycles. The van der Waals surface area contributed by atoms with Crippen molar-refractivity contribution < 1.29 is 69.4 Å². The van der Waals surface area contributed by atoms with Crippen LogP contribution in [-0.2, 0) is 59.0 Å². The van der Waals surface area contributed by atoms with Crippen molar-refractivity contribution in [1.29, 1.82) is 0 Å². The van der Waals surface area contributed by atoms with Gasteiger partial charge in [-0.05, 0) is 24.3 Å². The fourth-order valence-corrected chi connectivity index (χ4v) is 2.69. The predicted molar refractivity (Wildman–Crippen MR) is 184 cm³/mol. The van der Waals surface area contributed by atoms with Gasteiger partial charge in [0.05, 0.1) is 0 Å². The molecule has 0 aromatic carbocycles. The van der Waals surface area contributed by atoms with Gasteiger partial charge in [0.1, 0.15) is 0 Å². The molecule has 4 aromatic heterocycles. The zero-order valence-corrected chi connectivity index (χ0v) is 34.1. The predicted octanol–water partition coefficient (Wildman–Crippen LogP) is 7.61. The maximum absolute atomic E-state index is 10.7. The Bertz CT molecular complexity index is 1500. The number of nitrogens with zero attached hydrogens (tertiary/aromatic N) is 4. The smallest absolute Gasteiger partial charge is 0.282 e. The molecule has 53 heavy (non-hydrogen) atoms. The van der Waals surface area contributed by atoms with Gasteiger partial charge in [0.15, 0.2) is 0 Å². The summed E-state index contributed by atoms with van der Waals surface area (Å²) in [5, 5.41) is 27.2. The standard InChI is InChI=1S/4C7H12N2.2CHF3O3S.Fe/c4*1-7(2,3)6-4-5-8-9-6;2*2-1(3,4)8(5,6)7;/h4*4-5H,1-3H3,(H,8,9);2*(H,5,6,7);. The van der Waals surface area contributed by atoms with Gasteiger partial charge >= 0.3 is 31.3 Å². The van der Waals surface area contributed by atoms with Gasteiger partial charge in [-0.3, -0.25) is 29.5 Å². The van der Waals surface area contributed by atoms with Crippen LogP contribution < -0.4 is 0 Å². The summed E-state index contributed by atoms with van der Waals surface area (Å²) in [6, 6.07) is 8.00. The van der Waals surface area contributed by atoms with Crippen LogP contribution >= 0.6 is 0 Å². The summed E-state index contributed by atoms with van der Waals surface area (Å²) >= 11 is 0. The van der Waals surface area contributed by atoms with E-state index in [2.05, 4.69) is 124 Å². The number of halogens is 6.